The Balaban J connectivity index is -0.0000000257. The van der Waals surface area contributed by atoms with Crippen LogP contribution in [0.15, 0.2) is 16.0 Å². The molecule has 0 atom stereocenters. The number of hydrogen-bond donors (Lipinski definition) is 0. The molecule has 0 heterocycles. The molecule has 0 bridgehead atoms. The van der Waals surface area contributed by atoms with Crippen molar-refractivity contribution in [3.8, 4) is 0 Å². The van der Waals surface area contributed by atoms with Gasteiger partial charge in [0.25, 0.3) is 0 Å². The molecule has 0 N–H and O–H groups in total. The van der Waals surface area contributed by atoms with Crippen molar-refractivity contribution < 1.29 is 40.4 Å². The van der Waals surface area contributed by atoms with Crippen LogP contribution in [-0.2, 0) is 0 Å². The maximum absolute atomic E-state index is 8.00. The van der Waals surface area contributed by atoms with Gasteiger partial charge in [-0.3, -0.25) is 0 Å². The van der Waals surface area contributed by atoms with Crippen LogP contribution in [0.25, 0.3) is 0 Å². The molecule has 0 fully saturated rings. The summed E-state index contributed by atoms with van der Waals surface area (Å²) < 4.78 is 0. The molecular weight excluding hydrogens is 288 g/mol. The molecule has 9 nitrogen and oxygen atoms in total. The molecule has 57 valence electrons. The predicted octanol–water partition coefficient (Wildman–Crippen LogP) is 0.752. The Morgan fingerprint density at radius 1 is 0.700 bits per heavy atom. The fourth-order valence-corrected chi connectivity index (χ4v) is 0. The maximum atomic E-state index is 8.00. The summed E-state index contributed by atoms with van der Waals surface area (Å²) >= 11 is 0. The molecule has 0 rings (SSSR count). The van der Waals surface area contributed by atoms with Gasteiger partial charge in [-0.05, 0) is 0 Å². The first-order chi connectivity index (χ1) is 4.24. The smallest absolute Gasteiger partial charge is 0.444 e. The average molecular weight is 288 g/mol. The van der Waals surface area contributed by atoms with Gasteiger partial charge in [0.1, 0.15) is 0 Å². The van der Waals surface area contributed by atoms with Crippen LogP contribution in [0, 0.1) is 70.7 Å². The van der Waals surface area contributed by atoms with Crippen molar-refractivity contribution in [2.75, 3.05) is 0 Å². The summed E-state index contributed by atoms with van der Waals surface area (Å²) in [5.41, 5.74) is 0. The Labute approximate surface area is 86.3 Å². The number of nitrogens with zero attached hydrogens (tertiary/aromatic N) is 3. The molecule has 1 radical (unpaired) electrons. The first-order valence-electron chi connectivity index (χ1n) is 1.10. The van der Waals surface area contributed by atoms with Gasteiger partial charge in [-0.15, -0.1) is 16.0 Å². The SMILES string of the molecule is O=N[O-].O=N[O-].O=N[O-].[Sm+3]. The molecule has 0 aromatic rings. The van der Waals surface area contributed by atoms with Crippen molar-refractivity contribution in [2.24, 2.45) is 16.0 Å². The zero-order valence-corrected chi connectivity index (χ0v) is 6.82. The Kier molecular flexibility index (Phi) is 171. The summed E-state index contributed by atoms with van der Waals surface area (Å²) in [6.07, 6.45) is 0. The molecule has 0 aromatic carbocycles. The third kappa shape index (κ3) is 1510. The van der Waals surface area contributed by atoms with E-state index in [1.807, 2.05) is 0 Å². The zero-order chi connectivity index (χ0) is 8.12. The van der Waals surface area contributed by atoms with Gasteiger partial charge in [0, 0.05) is 0 Å². The van der Waals surface area contributed by atoms with Gasteiger partial charge in [0.05, 0.1) is 0 Å². The predicted molar refractivity (Wildman–Crippen MR) is 27.5 cm³/mol. The van der Waals surface area contributed by atoms with Gasteiger partial charge in [0.2, 0.25) is 0 Å². The van der Waals surface area contributed by atoms with E-state index in [4.69, 9.17) is 30.3 Å². The van der Waals surface area contributed by atoms with E-state index in [-0.39, 0.29) is 40.4 Å². The topological polar surface area (TPSA) is 157 Å². The van der Waals surface area contributed by atoms with E-state index in [2.05, 4.69) is 0 Å². The van der Waals surface area contributed by atoms with Crippen LogP contribution < -0.4 is 0 Å². The van der Waals surface area contributed by atoms with E-state index in [1.165, 1.54) is 0 Å². The normalized spacial score (nSPS) is 3.60. The largest absolute Gasteiger partial charge is 3.00 e. The fraction of sp³-hybridized carbons (Fsp3) is 0. The molecule has 0 aromatic heterocycles. The van der Waals surface area contributed by atoms with Crippen molar-refractivity contribution in [2.45, 2.75) is 0 Å². The van der Waals surface area contributed by atoms with Gasteiger partial charge in [0.15, 0.2) is 0 Å². The van der Waals surface area contributed by atoms with Crippen molar-refractivity contribution in [1.29, 1.82) is 0 Å². The standard InChI is InChI=1S/3HNO2.Sm/c3*2-1-3;/h3*(H,2,3);/q;;;+3/p-3. The maximum Gasteiger partial charge on any atom is 3.00 e. The van der Waals surface area contributed by atoms with Crippen LogP contribution in [0.4, 0.5) is 0 Å². The van der Waals surface area contributed by atoms with E-state index >= 15 is 0 Å². The molecule has 0 unspecified atom stereocenters. The monoisotopic (exact) mass is 290 g/mol. The summed E-state index contributed by atoms with van der Waals surface area (Å²) in [6, 6.07) is 0. The zero-order valence-electron chi connectivity index (χ0n) is 4.20. The van der Waals surface area contributed by atoms with Crippen molar-refractivity contribution in [1.82, 2.24) is 0 Å². The third-order valence-electron chi connectivity index (χ3n) is 0. The Morgan fingerprint density at radius 3 is 0.700 bits per heavy atom. The van der Waals surface area contributed by atoms with Crippen LogP contribution in [0.1, 0.15) is 0 Å². The molecule has 0 aliphatic heterocycles. The third-order valence-corrected chi connectivity index (χ3v) is 0. The molecular formula is N3O6Sm. The summed E-state index contributed by atoms with van der Waals surface area (Å²) in [5.74, 6) is 0. The average Bonchev–Trinajstić information content (AvgIpc) is 1.70. The van der Waals surface area contributed by atoms with Crippen molar-refractivity contribution in [3.63, 3.8) is 0 Å². The van der Waals surface area contributed by atoms with E-state index in [9.17, 15) is 0 Å². The second-order valence-electron chi connectivity index (χ2n) is 0.224. The van der Waals surface area contributed by atoms with Crippen LogP contribution in [0.3, 0.4) is 0 Å². The molecule has 0 saturated heterocycles. The van der Waals surface area contributed by atoms with E-state index < -0.39 is 0 Å². The van der Waals surface area contributed by atoms with E-state index in [0.29, 0.717) is 0 Å². The molecule has 0 saturated carbocycles. The van der Waals surface area contributed by atoms with Crippen LogP contribution in [-0.4, -0.2) is 0 Å². The van der Waals surface area contributed by atoms with Crippen molar-refractivity contribution in [3.05, 3.63) is 30.3 Å². The minimum absolute atomic E-state index is 0. The van der Waals surface area contributed by atoms with Gasteiger partial charge in [-0.1, -0.05) is 0 Å². The van der Waals surface area contributed by atoms with Gasteiger partial charge >= 0.3 is 40.4 Å². The quantitative estimate of drug-likeness (QED) is 0.472. The minimum Gasteiger partial charge on any atom is -0.444 e. The van der Waals surface area contributed by atoms with Crippen LogP contribution in [0.5, 0.6) is 0 Å². The van der Waals surface area contributed by atoms with Crippen molar-refractivity contribution >= 4 is 0 Å². The van der Waals surface area contributed by atoms with E-state index in [1.54, 1.807) is 0 Å². The number of rotatable bonds is 0. The summed E-state index contributed by atoms with van der Waals surface area (Å²) in [4.78, 5) is 24.0. The first-order valence-corrected chi connectivity index (χ1v) is 1.10. The van der Waals surface area contributed by atoms with Crippen LogP contribution in [0.2, 0.25) is 0 Å². The molecule has 10 heavy (non-hydrogen) atoms. The molecule has 0 aliphatic rings. The molecule has 10 heteroatoms. The van der Waals surface area contributed by atoms with Gasteiger partial charge in [-0.25, -0.2) is 0 Å². The molecule has 0 spiro atoms. The van der Waals surface area contributed by atoms with Crippen LogP contribution >= 0.6 is 0 Å². The van der Waals surface area contributed by atoms with Gasteiger partial charge in [-0.2, -0.15) is 0 Å². The fourth-order valence-electron chi connectivity index (χ4n) is 0. The van der Waals surface area contributed by atoms with E-state index in [0.717, 1.165) is 16.0 Å². The second kappa shape index (κ2) is 75.3. The van der Waals surface area contributed by atoms with Gasteiger partial charge < -0.3 is 30.3 Å². The molecule has 0 aliphatic carbocycles. The second-order valence-corrected chi connectivity index (χ2v) is 0.224. The summed E-state index contributed by atoms with van der Waals surface area (Å²) in [5, 5.41) is 27.0. The Morgan fingerprint density at radius 2 is 0.700 bits per heavy atom. The summed E-state index contributed by atoms with van der Waals surface area (Å²) in [7, 11) is 0. The first kappa shape index (κ1) is 22.7. The Hall–Kier alpha value is -0.462. The Bertz CT molecular complexity index is 49.7. The minimum atomic E-state index is 0. The summed E-state index contributed by atoms with van der Waals surface area (Å²) in [6.45, 7) is 0. The number of hydrogen-bond acceptors (Lipinski definition) is 9. The molecule has 0 amide bonds.